The topological polar surface area (TPSA) is 24.9 Å². The molecule has 0 fully saturated rings. The van der Waals surface area contributed by atoms with Crippen LogP contribution in [0.25, 0.3) is 0 Å². The number of nitrogens with zero attached hydrogens (tertiary/aromatic N) is 1. The van der Waals surface area contributed by atoms with Crippen LogP contribution in [0, 0.1) is 17.5 Å². The van der Waals surface area contributed by atoms with E-state index in [1.165, 1.54) is 0 Å². The molecular weight excluding hydrogens is 265 g/mol. The van der Waals surface area contributed by atoms with Crippen molar-refractivity contribution in [2.45, 2.75) is 19.4 Å². The van der Waals surface area contributed by atoms with Crippen LogP contribution in [-0.4, -0.2) is 11.5 Å². The van der Waals surface area contributed by atoms with Crippen LogP contribution >= 0.6 is 0 Å². The summed E-state index contributed by atoms with van der Waals surface area (Å²) in [5, 5.41) is 3.18. The summed E-state index contributed by atoms with van der Waals surface area (Å²) in [4.78, 5) is 4.00. The van der Waals surface area contributed by atoms with Crippen LogP contribution in [0.3, 0.4) is 0 Å². The van der Waals surface area contributed by atoms with Gasteiger partial charge in [-0.2, -0.15) is 0 Å². The van der Waals surface area contributed by atoms with Crippen molar-refractivity contribution < 1.29 is 13.2 Å². The highest BCUT2D eigenvalue weighted by Crippen LogP contribution is 2.24. The predicted molar refractivity (Wildman–Crippen MR) is 70.7 cm³/mol. The number of hydrogen-bond donors (Lipinski definition) is 1. The third kappa shape index (κ3) is 3.17. The molecule has 106 valence electrons. The maximum absolute atomic E-state index is 13.4. The van der Waals surface area contributed by atoms with Gasteiger partial charge in [0.1, 0.15) is 0 Å². The van der Waals surface area contributed by atoms with Gasteiger partial charge in [0.25, 0.3) is 0 Å². The maximum Gasteiger partial charge on any atom is 0.194 e. The first-order valence-electron chi connectivity index (χ1n) is 6.41. The van der Waals surface area contributed by atoms with Gasteiger partial charge >= 0.3 is 0 Å². The Labute approximate surface area is 115 Å². The zero-order valence-corrected chi connectivity index (χ0v) is 11.0. The van der Waals surface area contributed by atoms with Crippen LogP contribution in [0.2, 0.25) is 0 Å². The molecule has 1 aromatic heterocycles. The summed E-state index contributed by atoms with van der Waals surface area (Å²) in [6, 6.07) is 5.15. The van der Waals surface area contributed by atoms with E-state index in [0.29, 0.717) is 12.1 Å². The van der Waals surface area contributed by atoms with Gasteiger partial charge in [-0.05, 0) is 42.3 Å². The first-order chi connectivity index (χ1) is 9.63. The fourth-order valence-electron chi connectivity index (χ4n) is 2.01. The van der Waals surface area contributed by atoms with Gasteiger partial charge in [-0.25, -0.2) is 13.2 Å². The molecule has 2 rings (SSSR count). The molecule has 0 saturated carbocycles. The molecule has 0 aliphatic rings. The van der Waals surface area contributed by atoms with E-state index in [0.717, 1.165) is 24.1 Å². The largest absolute Gasteiger partial charge is 0.306 e. The lowest BCUT2D eigenvalue weighted by Crippen LogP contribution is -2.23. The highest BCUT2D eigenvalue weighted by atomic mass is 19.2. The molecule has 1 unspecified atom stereocenters. The average molecular weight is 280 g/mol. The average Bonchev–Trinajstić information content (AvgIpc) is 2.46. The van der Waals surface area contributed by atoms with Crippen LogP contribution in [0.15, 0.2) is 36.7 Å². The lowest BCUT2D eigenvalue weighted by atomic mass is 9.99. The normalized spacial score (nSPS) is 12.4. The molecule has 1 aromatic carbocycles. The Balaban J connectivity index is 2.41. The van der Waals surface area contributed by atoms with Gasteiger partial charge in [0.2, 0.25) is 0 Å². The highest BCUT2D eigenvalue weighted by Gasteiger charge is 2.18. The Morgan fingerprint density at radius 3 is 2.40 bits per heavy atom. The van der Waals surface area contributed by atoms with E-state index in [2.05, 4.69) is 10.3 Å². The van der Waals surface area contributed by atoms with Gasteiger partial charge in [-0.1, -0.05) is 13.0 Å². The Hall–Kier alpha value is -1.88. The second-order valence-corrected chi connectivity index (χ2v) is 4.47. The van der Waals surface area contributed by atoms with Gasteiger partial charge in [-0.15, -0.1) is 0 Å². The number of rotatable bonds is 5. The molecule has 0 aliphatic heterocycles. The lowest BCUT2D eigenvalue weighted by molar-refractivity contribution is 0.442. The first kappa shape index (κ1) is 14.5. The summed E-state index contributed by atoms with van der Waals surface area (Å²) < 4.78 is 39.8. The van der Waals surface area contributed by atoms with Gasteiger partial charge in [0.05, 0.1) is 6.04 Å². The Kier molecular flexibility index (Phi) is 4.74. The number of pyridine rings is 1. The van der Waals surface area contributed by atoms with Crippen LogP contribution in [0.4, 0.5) is 13.2 Å². The SMILES string of the molecule is CCCNC(c1cccnc1)c1cc(F)c(F)c(F)c1. The summed E-state index contributed by atoms with van der Waals surface area (Å²) in [7, 11) is 0. The van der Waals surface area contributed by atoms with Gasteiger partial charge in [-0.3, -0.25) is 4.98 Å². The second-order valence-electron chi connectivity index (χ2n) is 4.47. The van der Waals surface area contributed by atoms with Crippen LogP contribution in [0.1, 0.15) is 30.5 Å². The monoisotopic (exact) mass is 280 g/mol. The Bertz CT molecular complexity index is 550. The molecular formula is C15H15F3N2. The molecule has 5 heteroatoms. The van der Waals surface area contributed by atoms with E-state index < -0.39 is 23.5 Å². The number of benzene rings is 1. The smallest absolute Gasteiger partial charge is 0.194 e. The number of halogens is 3. The molecule has 1 N–H and O–H groups in total. The summed E-state index contributed by atoms with van der Waals surface area (Å²) in [6.45, 7) is 2.65. The molecule has 0 saturated heterocycles. The van der Waals surface area contributed by atoms with E-state index in [-0.39, 0.29) is 0 Å². The fraction of sp³-hybridized carbons (Fsp3) is 0.267. The first-order valence-corrected chi connectivity index (χ1v) is 6.41. The van der Waals surface area contributed by atoms with Crippen LogP contribution < -0.4 is 5.32 Å². The van der Waals surface area contributed by atoms with Crippen LogP contribution in [-0.2, 0) is 0 Å². The van der Waals surface area contributed by atoms with Crippen molar-refractivity contribution in [3.63, 3.8) is 0 Å². The van der Waals surface area contributed by atoms with E-state index >= 15 is 0 Å². The van der Waals surface area contributed by atoms with E-state index in [9.17, 15) is 13.2 Å². The van der Waals surface area contributed by atoms with E-state index in [4.69, 9.17) is 0 Å². The maximum atomic E-state index is 13.4. The van der Waals surface area contributed by atoms with Crippen molar-refractivity contribution in [2.75, 3.05) is 6.54 Å². The number of aromatic nitrogens is 1. The van der Waals surface area contributed by atoms with Gasteiger partial charge < -0.3 is 5.32 Å². The predicted octanol–water partition coefficient (Wildman–Crippen LogP) is 3.59. The lowest BCUT2D eigenvalue weighted by Gasteiger charge is -2.19. The van der Waals surface area contributed by atoms with E-state index in [1.54, 1.807) is 24.5 Å². The molecule has 0 radical (unpaired) electrons. The zero-order valence-electron chi connectivity index (χ0n) is 11.0. The standard InChI is InChI=1S/C15H15F3N2/c1-2-5-20-15(10-4-3-6-19-9-10)11-7-12(16)14(18)13(17)8-11/h3-4,6-9,15,20H,2,5H2,1H3. The van der Waals surface area contributed by atoms with Gasteiger partial charge in [0.15, 0.2) is 17.5 Å². The number of nitrogens with one attached hydrogen (secondary N) is 1. The molecule has 1 atom stereocenters. The molecule has 0 amide bonds. The van der Waals surface area contributed by atoms with Crippen molar-refractivity contribution >= 4 is 0 Å². The molecule has 2 nitrogen and oxygen atoms in total. The highest BCUT2D eigenvalue weighted by molar-refractivity contribution is 5.31. The Morgan fingerprint density at radius 2 is 1.85 bits per heavy atom. The third-order valence-electron chi connectivity index (χ3n) is 2.96. The van der Waals surface area contributed by atoms with Crippen molar-refractivity contribution in [1.82, 2.24) is 10.3 Å². The minimum Gasteiger partial charge on any atom is -0.306 e. The quantitative estimate of drug-likeness (QED) is 0.847. The molecule has 1 heterocycles. The van der Waals surface area contributed by atoms with Crippen molar-refractivity contribution in [2.24, 2.45) is 0 Å². The van der Waals surface area contributed by atoms with Crippen molar-refractivity contribution in [3.05, 3.63) is 65.2 Å². The summed E-state index contributed by atoms with van der Waals surface area (Å²) in [5.74, 6) is -3.83. The van der Waals surface area contributed by atoms with E-state index in [1.807, 2.05) is 6.92 Å². The molecule has 0 bridgehead atoms. The van der Waals surface area contributed by atoms with Crippen molar-refractivity contribution in [1.29, 1.82) is 0 Å². The molecule has 0 spiro atoms. The van der Waals surface area contributed by atoms with Crippen molar-refractivity contribution in [3.8, 4) is 0 Å². The molecule has 0 aliphatic carbocycles. The number of hydrogen-bond acceptors (Lipinski definition) is 2. The molecule has 20 heavy (non-hydrogen) atoms. The van der Waals surface area contributed by atoms with Gasteiger partial charge in [0, 0.05) is 12.4 Å². The third-order valence-corrected chi connectivity index (χ3v) is 2.96. The van der Waals surface area contributed by atoms with Crippen LogP contribution in [0.5, 0.6) is 0 Å². The summed E-state index contributed by atoms with van der Waals surface area (Å²) >= 11 is 0. The second kappa shape index (κ2) is 6.52. The summed E-state index contributed by atoms with van der Waals surface area (Å²) in [6.07, 6.45) is 4.10. The fourth-order valence-corrected chi connectivity index (χ4v) is 2.01. The summed E-state index contributed by atoms with van der Waals surface area (Å²) in [5.41, 5.74) is 1.11. The minimum absolute atomic E-state index is 0.336. The zero-order chi connectivity index (χ0) is 14.5. The Morgan fingerprint density at radius 1 is 1.15 bits per heavy atom. The minimum atomic E-state index is -1.45. The molecule has 2 aromatic rings.